The molecule has 1 aromatic heterocycles. The van der Waals surface area contributed by atoms with E-state index in [2.05, 4.69) is 5.10 Å². The predicted octanol–water partition coefficient (Wildman–Crippen LogP) is 1.13. The van der Waals surface area contributed by atoms with Crippen molar-refractivity contribution >= 4 is 0 Å². The molecule has 0 aliphatic rings. The van der Waals surface area contributed by atoms with Crippen molar-refractivity contribution in [1.29, 1.82) is 0 Å². The summed E-state index contributed by atoms with van der Waals surface area (Å²) in [5, 5.41) is 13.3. The van der Waals surface area contributed by atoms with Gasteiger partial charge < -0.3 is 5.11 Å². The van der Waals surface area contributed by atoms with Crippen molar-refractivity contribution in [1.82, 2.24) is 9.78 Å². The SMILES string of the molecule is Cc1cnn([C@@H](C)[C@@H](C)O)c1. The molecule has 2 atom stereocenters. The maximum absolute atomic E-state index is 9.22. The van der Waals surface area contributed by atoms with Crippen LogP contribution in [0.5, 0.6) is 0 Å². The van der Waals surface area contributed by atoms with Crippen molar-refractivity contribution in [2.75, 3.05) is 0 Å². The average Bonchev–Trinajstić information content (AvgIpc) is 2.34. The first-order valence-corrected chi connectivity index (χ1v) is 3.80. The molecule has 3 nitrogen and oxygen atoms in total. The summed E-state index contributed by atoms with van der Waals surface area (Å²) >= 11 is 0. The van der Waals surface area contributed by atoms with E-state index >= 15 is 0 Å². The minimum Gasteiger partial charge on any atom is -0.391 e. The van der Waals surface area contributed by atoms with Gasteiger partial charge in [0.05, 0.1) is 18.3 Å². The fourth-order valence-electron chi connectivity index (χ4n) is 0.877. The molecule has 1 aromatic rings. The van der Waals surface area contributed by atoms with Crippen LogP contribution in [0.15, 0.2) is 12.4 Å². The number of aliphatic hydroxyl groups is 1. The topological polar surface area (TPSA) is 38.0 Å². The molecule has 0 amide bonds. The zero-order valence-corrected chi connectivity index (χ0v) is 7.15. The highest BCUT2D eigenvalue weighted by atomic mass is 16.3. The van der Waals surface area contributed by atoms with Crippen molar-refractivity contribution in [3.8, 4) is 0 Å². The van der Waals surface area contributed by atoms with E-state index in [1.54, 1.807) is 17.8 Å². The van der Waals surface area contributed by atoms with E-state index in [0.29, 0.717) is 0 Å². The monoisotopic (exact) mass is 154 g/mol. The molecule has 0 aliphatic heterocycles. The molecular weight excluding hydrogens is 140 g/mol. The quantitative estimate of drug-likeness (QED) is 0.693. The molecule has 1 heterocycles. The Morgan fingerprint density at radius 1 is 1.55 bits per heavy atom. The Balaban J connectivity index is 2.76. The van der Waals surface area contributed by atoms with Crippen LogP contribution in [0.25, 0.3) is 0 Å². The Morgan fingerprint density at radius 2 is 2.18 bits per heavy atom. The van der Waals surface area contributed by atoms with Crippen molar-refractivity contribution < 1.29 is 5.11 Å². The molecule has 11 heavy (non-hydrogen) atoms. The van der Waals surface area contributed by atoms with Gasteiger partial charge in [0.1, 0.15) is 0 Å². The average molecular weight is 154 g/mol. The Kier molecular flexibility index (Phi) is 2.29. The lowest BCUT2D eigenvalue weighted by atomic mass is 10.2. The first-order valence-electron chi connectivity index (χ1n) is 3.80. The van der Waals surface area contributed by atoms with E-state index in [-0.39, 0.29) is 12.1 Å². The van der Waals surface area contributed by atoms with Crippen LogP contribution in [0.3, 0.4) is 0 Å². The summed E-state index contributed by atoms with van der Waals surface area (Å²) in [7, 11) is 0. The summed E-state index contributed by atoms with van der Waals surface area (Å²) in [6.45, 7) is 5.69. The minimum atomic E-state index is -0.353. The smallest absolute Gasteiger partial charge is 0.0747 e. The third-order valence-corrected chi connectivity index (χ3v) is 1.85. The van der Waals surface area contributed by atoms with E-state index < -0.39 is 0 Å². The van der Waals surface area contributed by atoms with Gasteiger partial charge in [-0.25, -0.2) is 0 Å². The second-order valence-corrected chi connectivity index (χ2v) is 2.98. The summed E-state index contributed by atoms with van der Waals surface area (Å²) in [6, 6.07) is 0.0590. The molecule has 0 unspecified atom stereocenters. The number of nitrogens with zero attached hydrogens (tertiary/aromatic N) is 2. The normalized spacial score (nSPS) is 16.4. The Bertz CT molecular complexity index is 230. The lowest BCUT2D eigenvalue weighted by Gasteiger charge is -2.14. The highest BCUT2D eigenvalue weighted by molar-refractivity contribution is 5.00. The number of hydrogen-bond acceptors (Lipinski definition) is 2. The van der Waals surface area contributed by atoms with E-state index in [9.17, 15) is 5.11 Å². The molecule has 0 bridgehead atoms. The van der Waals surface area contributed by atoms with Crippen LogP contribution in [0, 0.1) is 6.92 Å². The fraction of sp³-hybridized carbons (Fsp3) is 0.625. The van der Waals surface area contributed by atoms with E-state index in [4.69, 9.17) is 0 Å². The van der Waals surface area contributed by atoms with Gasteiger partial charge in [-0.2, -0.15) is 5.10 Å². The fourth-order valence-corrected chi connectivity index (χ4v) is 0.877. The maximum Gasteiger partial charge on any atom is 0.0747 e. The number of hydrogen-bond donors (Lipinski definition) is 1. The second-order valence-electron chi connectivity index (χ2n) is 2.98. The van der Waals surface area contributed by atoms with Gasteiger partial charge >= 0.3 is 0 Å². The van der Waals surface area contributed by atoms with Crippen LogP contribution in [-0.4, -0.2) is 21.0 Å². The molecule has 3 heteroatoms. The van der Waals surface area contributed by atoms with Gasteiger partial charge in [0.2, 0.25) is 0 Å². The van der Waals surface area contributed by atoms with E-state index in [1.807, 2.05) is 20.0 Å². The largest absolute Gasteiger partial charge is 0.391 e. The van der Waals surface area contributed by atoms with Gasteiger partial charge in [0.25, 0.3) is 0 Å². The molecule has 62 valence electrons. The van der Waals surface area contributed by atoms with Crippen molar-refractivity contribution in [2.24, 2.45) is 0 Å². The Hall–Kier alpha value is -0.830. The van der Waals surface area contributed by atoms with Crippen LogP contribution >= 0.6 is 0 Å². The first kappa shape index (κ1) is 8.27. The molecule has 0 saturated carbocycles. The van der Waals surface area contributed by atoms with Crippen molar-refractivity contribution in [2.45, 2.75) is 32.9 Å². The van der Waals surface area contributed by atoms with Crippen LogP contribution in [0.4, 0.5) is 0 Å². The number of aryl methyl sites for hydroxylation is 1. The third kappa shape index (κ3) is 1.80. The van der Waals surface area contributed by atoms with Gasteiger partial charge in [-0.05, 0) is 26.3 Å². The summed E-state index contributed by atoms with van der Waals surface area (Å²) in [6.07, 6.45) is 3.37. The predicted molar refractivity (Wildman–Crippen MR) is 43.4 cm³/mol. The van der Waals surface area contributed by atoms with E-state index in [0.717, 1.165) is 5.56 Å². The molecule has 0 aliphatic carbocycles. The highest BCUT2D eigenvalue weighted by Gasteiger charge is 2.10. The highest BCUT2D eigenvalue weighted by Crippen LogP contribution is 2.09. The van der Waals surface area contributed by atoms with Crippen LogP contribution in [0.1, 0.15) is 25.5 Å². The molecule has 0 spiro atoms. The zero-order chi connectivity index (χ0) is 8.43. The summed E-state index contributed by atoms with van der Waals surface area (Å²) < 4.78 is 1.78. The Morgan fingerprint density at radius 3 is 2.55 bits per heavy atom. The standard InChI is InChI=1S/C8H14N2O/c1-6-4-9-10(5-6)7(2)8(3)11/h4-5,7-8,11H,1-3H3/t7-,8+/m0/s1. The third-order valence-electron chi connectivity index (χ3n) is 1.85. The summed E-state index contributed by atoms with van der Waals surface area (Å²) in [4.78, 5) is 0. The Labute approximate surface area is 66.7 Å². The number of aliphatic hydroxyl groups excluding tert-OH is 1. The molecule has 0 radical (unpaired) electrons. The lowest BCUT2D eigenvalue weighted by molar-refractivity contribution is 0.132. The first-order chi connectivity index (χ1) is 5.11. The molecule has 0 fully saturated rings. The lowest BCUT2D eigenvalue weighted by Crippen LogP contribution is -2.18. The molecule has 0 aromatic carbocycles. The van der Waals surface area contributed by atoms with Gasteiger partial charge in [-0.15, -0.1) is 0 Å². The summed E-state index contributed by atoms with van der Waals surface area (Å²) in [5.74, 6) is 0. The molecule has 1 N–H and O–H groups in total. The number of aromatic nitrogens is 2. The van der Waals surface area contributed by atoms with Crippen LogP contribution in [-0.2, 0) is 0 Å². The second kappa shape index (κ2) is 3.05. The van der Waals surface area contributed by atoms with Crippen LogP contribution < -0.4 is 0 Å². The van der Waals surface area contributed by atoms with Gasteiger partial charge in [-0.1, -0.05) is 0 Å². The molecule has 1 rings (SSSR count). The van der Waals surface area contributed by atoms with Crippen LogP contribution in [0.2, 0.25) is 0 Å². The van der Waals surface area contributed by atoms with Gasteiger partial charge in [-0.3, -0.25) is 4.68 Å². The van der Waals surface area contributed by atoms with Crippen molar-refractivity contribution in [3.63, 3.8) is 0 Å². The van der Waals surface area contributed by atoms with Gasteiger partial charge in [0.15, 0.2) is 0 Å². The van der Waals surface area contributed by atoms with E-state index in [1.165, 1.54) is 0 Å². The van der Waals surface area contributed by atoms with Crippen molar-refractivity contribution in [3.05, 3.63) is 18.0 Å². The maximum atomic E-state index is 9.22. The summed E-state index contributed by atoms with van der Waals surface area (Å²) in [5.41, 5.74) is 1.12. The zero-order valence-electron chi connectivity index (χ0n) is 7.15. The number of rotatable bonds is 2. The minimum absolute atomic E-state index is 0.0590. The molecular formula is C8H14N2O. The van der Waals surface area contributed by atoms with Gasteiger partial charge in [0, 0.05) is 6.20 Å². The molecule has 0 saturated heterocycles.